The molecule has 4 rings (SSSR count). The Balaban J connectivity index is 1.41. The van der Waals surface area contributed by atoms with E-state index in [4.69, 9.17) is 4.74 Å². The number of carbonyl (C=O) groups excluding carboxylic acids is 1. The highest BCUT2D eigenvalue weighted by Crippen LogP contribution is 2.29. The van der Waals surface area contributed by atoms with E-state index in [1.165, 1.54) is 0 Å². The van der Waals surface area contributed by atoms with Gasteiger partial charge in [0.1, 0.15) is 11.4 Å². The molecule has 3 aromatic rings. The number of ether oxygens (including phenoxy) is 1. The highest BCUT2D eigenvalue weighted by Gasteiger charge is 2.33. The maximum Gasteiger partial charge on any atom is 0.322 e. The van der Waals surface area contributed by atoms with Crippen molar-refractivity contribution in [2.75, 3.05) is 11.9 Å². The summed E-state index contributed by atoms with van der Waals surface area (Å²) >= 11 is 0. The largest absolute Gasteiger partial charge is 0.494 e. The molecule has 0 bridgehead atoms. The van der Waals surface area contributed by atoms with Crippen LogP contribution in [-0.2, 0) is 6.54 Å². The number of rotatable bonds is 8. The molecule has 6 nitrogen and oxygen atoms in total. The van der Waals surface area contributed by atoms with E-state index < -0.39 is 0 Å². The minimum absolute atomic E-state index is 0.0759. The van der Waals surface area contributed by atoms with Crippen LogP contribution in [0.15, 0.2) is 54.9 Å². The third-order valence-electron chi connectivity index (χ3n) is 4.95. The van der Waals surface area contributed by atoms with Gasteiger partial charge in [-0.1, -0.05) is 19.4 Å². The number of amides is 2. The van der Waals surface area contributed by atoms with Crippen LogP contribution in [0.3, 0.4) is 0 Å². The zero-order chi connectivity index (χ0) is 19.3. The van der Waals surface area contributed by atoms with Crippen LogP contribution in [0, 0.1) is 0 Å². The molecule has 1 N–H and O–H groups in total. The highest BCUT2D eigenvalue weighted by molar-refractivity contribution is 5.89. The first-order valence-corrected chi connectivity index (χ1v) is 9.96. The zero-order valence-corrected chi connectivity index (χ0v) is 16.2. The molecule has 2 amide bonds. The van der Waals surface area contributed by atoms with Gasteiger partial charge in [0.25, 0.3) is 0 Å². The fraction of sp³-hybridized carbons (Fsp3) is 0.364. The number of carbonyl (C=O) groups is 1. The third-order valence-corrected chi connectivity index (χ3v) is 4.95. The molecule has 0 spiro atoms. The molecule has 1 aliphatic carbocycles. The van der Waals surface area contributed by atoms with Gasteiger partial charge in [-0.25, -0.2) is 9.78 Å². The molecule has 0 aliphatic heterocycles. The SMILES string of the molecule is CCCCOc1ccc(NC(=O)N(Cc2cnc3ccccn23)C2CC2)cc1. The molecule has 1 aromatic carbocycles. The number of urea groups is 1. The molecule has 6 heteroatoms. The van der Waals surface area contributed by atoms with Crippen molar-refractivity contribution in [1.82, 2.24) is 14.3 Å². The first-order valence-electron chi connectivity index (χ1n) is 9.96. The van der Waals surface area contributed by atoms with Gasteiger partial charge in [-0.15, -0.1) is 0 Å². The quantitative estimate of drug-likeness (QED) is 0.578. The topological polar surface area (TPSA) is 58.9 Å². The van der Waals surface area contributed by atoms with Crippen molar-refractivity contribution in [3.05, 3.63) is 60.6 Å². The molecule has 2 aromatic heterocycles. The van der Waals surface area contributed by atoms with Gasteiger partial charge in [0.2, 0.25) is 0 Å². The van der Waals surface area contributed by atoms with Crippen molar-refractivity contribution in [2.45, 2.75) is 45.2 Å². The number of anilines is 1. The van der Waals surface area contributed by atoms with Crippen LogP contribution in [-0.4, -0.2) is 33.0 Å². The number of benzene rings is 1. The predicted octanol–water partition coefficient (Wildman–Crippen LogP) is 4.71. The molecule has 0 atom stereocenters. The van der Waals surface area contributed by atoms with Crippen molar-refractivity contribution in [3.63, 3.8) is 0 Å². The molecule has 1 fully saturated rings. The summed E-state index contributed by atoms with van der Waals surface area (Å²) in [6, 6.07) is 13.7. The second kappa shape index (κ2) is 8.33. The monoisotopic (exact) mass is 378 g/mol. The van der Waals surface area contributed by atoms with Crippen LogP contribution in [0.2, 0.25) is 0 Å². The van der Waals surface area contributed by atoms with E-state index in [0.29, 0.717) is 12.6 Å². The van der Waals surface area contributed by atoms with Crippen LogP contribution in [0.1, 0.15) is 38.3 Å². The van der Waals surface area contributed by atoms with E-state index in [2.05, 4.69) is 17.2 Å². The molecule has 1 aliphatic rings. The smallest absolute Gasteiger partial charge is 0.322 e. The fourth-order valence-electron chi connectivity index (χ4n) is 3.19. The van der Waals surface area contributed by atoms with Crippen molar-refractivity contribution in [3.8, 4) is 5.75 Å². The van der Waals surface area contributed by atoms with Crippen molar-refractivity contribution in [2.24, 2.45) is 0 Å². The molecule has 0 radical (unpaired) electrons. The van der Waals surface area contributed by atoms with E-state index in [1.807, 2.05) is 64.2 Å². The van der Waals surface area contributed by atoms with Crippen LogP contribution >= 0.6 is 0 Å². The second-order valence-corrected chi connectivity index (χ2v) is 7.19. The summed E-state index contributed by atoms with van der Waals surface area (Å²) in [4.78, 5) is 19.2. The molecule has 146 valence electrons. The third kappa shape index (κ3) is 4.27. The number of hydrogen-bond acceptors (Lipinski definition) is 3. The van der Waals surface area contributed by atoms with Gasteiger partial charge < -0.3 is 19.4 Å². The zero-order valence-electron chi connectivity index (χ0n) is 16.2. The summed E-state index contributed by atoms with van der Waals surface area (Å²) in [5.41, 5.74) is 2.68. The number of nitrogens with zero attached hydrogens (tertiary/aromatic N) is 3. The van der Waals surface area contributed by atoms with Crippen LogP contribution in [0.4, 0.5) is 10.5 Å². The lowest BCUT2D eigenvalue weighted by atomic mass is 10.3. The van der Waals surface area contributed by atoms with Gasteiger partial charge in [0.15, 0.2) is 0 Å². The Bertz CT molecular complexity index is 931. The van der Waals surface area contributed by atoms with Crippen LogP contribution in [0.5, 0.6) is 5.75 Å². The number of aromatic nitrogens is 2. The van der Waals surface area contributed by atoms with Gasteiger partial charge in [-0.3, -0.25) is 0 Å². The lowest BCUT2D eigenvalue weighted by molar-refractivity contribution is 0.205. The van der Waals surface area contributed by atoms with Crippen molar-refractivity contribution >= 4 is 17.4 Å². The summed E-state index contributed by atoms with van der Waals surface area (Å²) < 4.78 is 7.71. The Morgan fingerprint density at radius 3 is 2.82 bits per heavy atom. The molecule has 0 unspecified atom stereocenters. The molecule has 28 heavy (non-hydrogen) atoms. The van der Waals surface area contributed by atoms with E-state index in [1.54, 1.807) is 0 Å². The van der Waals surface area contributed by atoms with Crippen LogP contribution < -0.4 is 10.1 Å². The van der Waals surface area contributed by atoms with Crippen molar-refractivity contribution in [1.29, 1.82) is 0 Å². The minimum Gasteiger partial charge on any atom is -0.494 e. The standard InChI is InChI=1S/C22H26N4O2/c1-2-3-14-28-20-11-7-17(8-12-20)24-22(27)26(18-9-10-18)16-19-15-23-21-6-4-5-13-25(19)21/h4-8,11-13,15,18H,2-3,9-10,14,16H2,1H3,(H,24,27). The van der Waals surface area contributed by atoms with Gasteiger partial charge in [-0.2, -0.15) is 0 Å². The van der Waals surface area contributed by atoms with Crippen LogP contribution in [0.25, 0.3) is 5.65 Å². The summed E-state index contributed by atoms with van der Waals surface area (Å²) in [6.45, 7) is 3.40. The predicted molar refractivity (Wildman–Crippen MR) is 110 cm³/mol. The number of hydrogen-bond donors (Lipinski definition) is 1. The first kappa shape index (κ1) is 18.3. The van der Waals surface area contributed by atoms with E-state index in [0.717, 1.165) is 55.1 Å². The summed E-state index contributed by atoms with van der Waals surface area (Å²) in [7, 11) is 0. The maximum absolute atomic E-state index is 12.9. The summed E-state index contributed by atoms with van der Waals surface area (Å²) in [6.07, 6.45) is 8.08. The van der Waals surface area contributed by atoms with Gasteiger partial charge in [0, 0.05) is 17.9 Å². The Morgan fingerprint density at radius 2 is 2.07 bits per heavy atom. The molecule has 2 heterocycles. The Kier molecular flexibility index (Phi) is 5.46. The molecular weight excluding hydrogens is 352 g/mol. The highest BCUT2D eigenvalue weighted by atomic mass is 16.5. The second-order valence-electron chi connectivity index (χ2n) is 7.19. The first-order chi connectivity index (χ1) is 13.7. The number of pyridine rings is 1. The summed E-state index contributed by atoms with van der Waals surface area (Å²) in [5, 5.41) is 3.02. The maximum atomic E-state index is 12.9. The molecule has 1 saturated carbocycles. The molecular formula is C22H26N4O2. The number of imidazole rings is 1. The number of fused-ring (bicyclic) bond motifs is 1. The fourth-order valence-corrected chi connectivity index (χ4v) is 3.19. The molecule has 0 saturated heterocycles. The average molecular weight is 378 g/mol. The Morgan fingerprint density at radius 1 is 1.25 bits per heavy atom. The lowest BCUT2D eigenvalue weighted by Gasteiger charge is -2.22. The normalized spacial score (nSPS) is 13.5. The summed E-state index contributed by atoms with van der Waals surface area (Å²) in [5.74, 6) is 0.830. The number of nitrogens with one attached hydrogen (secondary N) is 1. The average Bonchev–Trinajstić information content (AvgIpc) is 3.48. The van der Waals surface area contributed by atoms with Crippen molar-refractivity contribution < 1.29 is 9.53 Å². The lowest BCUT2D eigenvalue weighted by Crippen LogP contribution is -2.36. The van der Waals surface area contributed by atoms with E-state index in [9.17, 15) is 4.79 Å². The minimum atomic E-state index is -0.0759. The Labute approximate surface area is 165 Å². The van der Waals surface area contributed by atoms with E-state index >= 15 is 0 Å². The van der Waals surface area contributed by atoms with Gasteiger partial charge >= 0.3 is 6.03 Å². The van der Waals surface area contributed by atoms with E-state index in [-0.39, 0.29) is 6.03 Å². The number of unbranched alkanes of at least 4 members (excludes halogenated alkanes) is 1. The van der Waals surface area contributed by atoms with Gasteiger partial charge in [-0.05, 0) is 55.7 Å². The van der Waals surface area contributed by atoms with Gasteiger partial charge in [0.05, 0.1) is 25.0 Å². The Hall–Kier alpha value is -3.02.